The Morgan fingerprint density at radius 2 is 1.89 bits per heavy atom. The highest BCUT2D eigenvalue weighted by atomic mass is 32.2. The van der Waals surface area contributed by atoms with Gasteiger partial charge in [0.15, 0.2) is 22.2 Å². The van der Waals surface area contributed by atoms with Crippen molar-refractivity contribution in [3.05, 3.63) is 76.0 Å². The summed E-state index contributed by atoms with van der Waals surface area (Å²) in [7, 11) is -3.82. The van der Waals surface area contributed by atoms with Gasteiger partial charge in [-0.05, 0) is 12.1 Å². The van der Waals surface area contributed by atoms with Crippen LogP contribution >= 0.6 is 0 Å². The Balaban J connectivity index is 1.74. The third-order valence-electron chi connectivity index (χ3n) is 3.76. The van der Waals surface area contributed by atoms with Crippen LogP contribution in [0.5, 0.6) is 0 Å². The Kier molecular flexibility index (Phi) is 5.23. The normalized spacial score (nSPS) is 11.2. The number of aromatic nitrogens is 1. The van der Waals surface area contributed by atoms with Gasteiger partial charge in [0.1, 0.15) is 10.6 Å². The molecule has 144 valence electrons. The maximum atomic E-state index is 12.2. The summed E-state index contributed by atoms with van der Waals surface area (Å²) in [5, 5.41) is 15.0. The maximum absolute atomic E-state index is 12.2. The van der Waals surface area contributed by atoms with Crippen molar-refractivity contribution in [3.8, 4) is 11.3 Å². The van der Waals surface area contributed by atoms with E-state index in [1.807, 2.05) is 30.3 Å². The highest BCUT2D eigenvalue weighted by molar-refractivity contribution is 7.90. The first-order valence-corrected chi connectivity index (χ1v) is 9.81. The standard InChI is InChI=1S/C18H14N2O7S/c1-28(24,25)17-8-7-13(9-16(17)20(22)23)18(21)26-11-14-10-15(19-27-14)12-5-3-2-4-6-12/h2-10H,11H2,1H3. The molecule has 0 saturated carbocycles. The van der Waals surface area contributed by atoms with E-state index in [4.69, 9.17) is 9.26 Å². The van der Waals surface area contributed by atoms with E-state index in [2.05, 4.69) is 5.16 Å². The van der Waals surface area contributed by atoms with E-state index < -0.39 is 31.3 Å². The Morgan fingerprint density at radius 1 is 1.18 bits per heavy atom. The van der Waals surface area contributed by atoms with Crippen LogP contribution in [-0.2, 0) is 21.2 Å². The van der Waals surface area contributed by atoms with Crippen LogP contribution in [0, 0.1) is 10.1 Å². The van der Waals surface area contributed by atoms with Gasteiger partial charge in [-0.25, -0.2) is 13.2 Å². The van der Waals surface area contributed by atoms with Crippen LogP contribution < -0.4 is 0 Å². The fraction of sp³-hybridized carbons (Fsp3) is 0.111. The SMILES string of the molecule is CS(=O)(=O)c1ccc(C(=O)OCc2cc(-c3ccccc3)no2)cc1[N+](=O)[O-]. The van der Waals surface area contributed by atoms with Gasteiger partial charge >= 0.3 is 5.97 Å². The molecule has 0 saturated heterocycles. The van der Waals surface area contributed by atoms with E-state index in [1.165, 1.54) is 0 Å². The van der Waals surface area contributed by atoms with Crippen molar-refractivity contribution < 1.29 is 27.4 Å². The van der Waals surface area contributed by atoms with Crippen LogP contribution in [0.25, 0.3) is 11.3 Å². The summed E-state index contributed by atoms with van der Waals surface area (Å²) in [5.41, 5.74) is 0.556. The number of nitro benzene ring substituents is 1. The van der Waals surface area contributed by atoms with Gasteiger partial charge in [0.05, 0.1) is 10.5 Å². The number of ether oxygens (including phenoxy) is 1. The molecule has 0 unspecified atom stereocenters. The molecule has 2 aromatic carbocycles. The fourth-order valence-electron chi connectivity index (χ4n) is 2.45. The molecule has 0 atom stereocenters. The minimum atomic E-state index is -3.82. The predicted molar refractivity (Wildman–Crippen MR) is 97.3 cm³/mol. The fourth-order valence-corrected chi connectivity index (χ4v) is 3.28. The van der Waals surface area contributed by atoms with Gasteiger partial charge in [0.25, 0.3) is 5.69 Å². The molecule has 0 bridgehead atoms. The lowest BCUT2D eigenvalue weighted by molar-refractivity contribution is -0.387. The highest BCUT2D eigenvalue weighted by Crippen LogP contribution is 2.25. The molecule has 3 rings (SSSR count). The van der Waals surface area contributed by atoms with E-state index in [0.717, 1.165) is 30.0 Å². The van der Waals surface area contributed by atoms with Gasteiger partial charge in [-0.2, -0.15) is 0 Å². The Morgan fingerprint density at radius 3 is 2.54 bits per heavy atom. The summed E-state index contributed by atoms with van der Waals surface area (Å²) in [6, 6.07) is 13.9. The molecule has 1 heterocycles. The van der Waals surface area contributed by atoms with Crippen molar-refractivity contribution >= 4 is 21.5 Å². The van der Waals surface area contributed by atoms with Crippen molar-refractivity contribution in [1.29, 1.82) is 0 Å². The number of hydrogen-bond acceptors (Lipinski definition) is 8. The minimum Gasteiger partial charge on any atom is -0.454 e. The molecule has 3 aromatic rings. The number of nitrogens with zero attached hydrogens (tertiary/aromatic N) is 2. The van der Waals surface area contributed by atoms with Gasteiger partial charge < -0.3 is 9.26 Å². The summed E-state index contributed by atoms with van der Waals surface area (Å²) in [6.07, 6.45) is 0.849. The second-order valence-corrected chi connectivity index (χ2v) is 7.82. The zero-order chi connectivity index (χ0) is 20.3. The lowest BCUT2D eigenvalue weighted by Crippen LogP contribution is -2.08. The van der Waals surface area contributed by atoms with Crippen LogP contribution in [0.3, 0.4) is 0 Å². The number of hydrogen-bond donors (Lipinski definition) is 0. The number of rotatable bonds is 6. The van der Waals surface area contributed by atoms with E-state index in [9.17, 15) is 23.3 Å². The summed E-state index contributed by atoms with van der Waals surface area (Å²) in [6.45, 7) is -0.236. The number of esters is 1. The third kappa shape index (κ3) is 4.23. The predicted octanol–water partition coefficient (Wildman–Crippen LogP) is 3.01. The van der Waals surface area contributed by atoms with E-state index >= 15 is 0 Å². The molecule has 0 aliphatic rings. The van der Waals surface area contributed by atoms with E-state index in [-0.39, 0.29) is 17.9 Å². The maximum Gasteiger partial charge on any atom is 0.338 e. The first-order valence-electron chi connectivity index (χ1n) is 7.92. The molecular formula is C18H14N2O7S. The van der Waals surface area contributed by atoms with Crippen molar-refractivity contribution in [3.63, 3.8) is 0 Å². The number of sulfone groups is 1. The number of benzene rings is 2. The Hall–Kier alpha value is -3.53. The average Bonchev–Trinajstić information content (AvgIpc) is 3.14. The number of carbonyl (C=O) groups excluding carboxylic acids is 1. The van der Waals surface area contributed by atoms with Crippen molar-refractivity contribution in [2.75, 3.05) is 6.26 Å². The first-order chi connectivity index (χ1) is 13.3. The van der Waals surface area contributed by atoms with Gasteiger partial charge in [0.2, 0.25) is 0 Å². The quantitative estimate of drug-likeness (QED) is 0.349. The molecule has 0 N–H and O–H groups in total. The second kappa shape index (κ2) is 7.61. The van der Waals surface area contributed by atoms with Crippen LogP contribution in [-0.4, -0.2) is 30.7 Å². The molecule has 28 heavy (non-hydrogen) atoms. The van der Waals surface area contributed by atoms with Gasteiger partial charge in [-0.3, -0.25) is 10.1 Å². The first kappa shape index (κ1) is 19.2. The van der Waals surface area contributed by atoms with Gasteiger partial charge in [-0.15, -0.1) is 0 Å². The number of nitro groups is 1. The summed E-state index contributed by atoms with van der Waals surface area (Å²) >= 11 is 0. The summed E-state index contributed by atoms with van der Waals surface area (Å²) in [4.78, 5) is 22.0. The van der Waals surface area contributed by atoms with Crippen LogP contribution in [0.1, 0.15) is 16.1 Å². The van der Waals surface area contributed by atoms with Gasteiger partial charge in [0, 0.05) is 24.0 Å². The smallest absolute Gasteiger partial charge is 0.338 e. The van der Waals surface area contributed by atoms with Crippen molar-refractivity contribution in [1.82, 2.24) is 5.16 Å². The molecule has 1 aromatic heterocycles. The largest absolute Gasteiger partial charge is 0.454 e. The summed E-state index contributed by atoms with van der Waals surface area (Å²) < 4.78 is 33.5. The third-order valence-corrected chi connectivity index (χ3v) is 4.91. The van der Waals surface area contributed by atoms with E-state index in [1.54, 1.807) is 6.07 Å². The zero-order valence-corrected chi connectivity index (χ0v) is 15.4. The van der Waals surface area contributed by atoms with Crippen molar-refractivity contribution in [2.45, 2.75) is 11.5 Å². The molecule has 0 aliphatic carbocycles. The van der Waals surface area contributed by atoms with E-state index in [0.29, 0.717) is 5.69 Å². The van der Waals surface area contributed by atoms with Gasteiger partial charge in [-0.1, -0.05) is 35.5 Å². The van der Waals surface area contributed by atoms with Crippen LogP contribution in [0.2, 0.25) is 0 Å². The lowest BCUT2D eigenvalue weighted by atomic mass is 10.1. The zero-order valence-electron chi connectivity index (χ0n) is 14.6. The molecule has 10 heteroatoms. The van der Waals surface area contributed by atoms with Crippen molar-refractivity contribution in [2.24, 2.45) is 0 Å². The molecule has 0 spiro atoms. The molecule has 0 fully saturated rings. The lowest BCUT2D eigenvalue weighted by Gasteiger charge is -2.05. The minimum absolute atomic E-state index is 0.151. The summed E-state index contributed by atoms with van der Waals surface area (Å²) in [5.74, 6) is -0.574. The monoisotopic (exact) mass is 402 g/mol. The topological polar surface area (TPSA) is 130 Å². The Bertz CT molecular complexity index is 1140. The van der Waals surface area contributed by atoms with Crippen LogP contribution in [0.4, 0.5) is 5.69 Å². The number of carbonyl (C=O) groups is 1. The highest BCUT2D eigenvalue weighted by Gasteiger charge is 2.24. The molecular weight excluding hydrogens is 388 g/mol. The Labute approximate surface area is 159 Å². The average molecular weight is 402 g/mol. The second-order valence-electron chi connectivity index (χ2n) is 5.83. The molecule has 9 nitrogen and oxygen atoms in total. The van der Waals surface area contributed by atoms with Crippen LogP contribution in [0.15, 0.2) is 64.0 Å². The molecule has 0 amide bonds. The molecule has 0 aliphatic heterocycles. The molecule has 0 radical (unpaired) electrons.